The Morgan fingerprint density at radius 2 is 1.76 bits per heavy atom. The van der Waals surface area contributed by atoms with E-state index in [2.05, 4.69) is 0 Å². The summed E-state index contributed by atoms with van der Waals surface area (Å²) in [4.78, 5) is 0. The first-order valence-electron chi connectivity index (χ1n) is 5.68. The first kappa shape index (κ1) is 14.4. The van der Waals surface area contributed by atoms with Crippen molar-refractivity contribution in [3.8, 4) is 0 Å². The summed E-state index contributed by atoms with van der Waals surface area (Å²) in [6.45, 7) is 2.90. The average Bonchev–Trinajstić information content (AvgIpc) is 2.30. The Bertz CT molecular complexity index is 381. The van der Waals surface area contributed by atoms with Gasteiger partial charge in [0.05, 0.1) is 6.61 Å². The second-order valence-electron chi connectivity index (χ2n) is 4.06. The summed E-state index contributed by atoms with van der Waals surface area (Å²) in [7, 11) is 2.49. The zero-order valence-electron chi connectivity index (χ0n) is 11.0. The van der Waals surface area contributed by atoms with Gasteiger partial charge in [0.1, 0.15) is 0 Å². The summed E-state index contributed by atoms with van der Waals surface area (Å²) < 4.78 is 21.5. The third kappa shape index (κ3) is 3.65. The molecule has 0 aromatic heterocycles. The molecule has 1 atom stereocenters. The van der Waals surface area contributed by atoms with Gasteiger partial charge in [0.15, 0.2) is 0 Å². The predicted octanol–water partition coefficient (Wildman–Crippen LogP) is 2.82. The predicted molar refractivity (Wildman–Crippen MR) is 70.8 cm³/mol. The van der Waals surface area contributed by atoms with Gasteiger partial charge in [0.2, 0.25) is 0 Å². The van der Waals surface area contributed by atoms with Crippen molar-refractivity contribution in [2.24, 2.45) is 0 Å². The minimum absolute atomic E-state index is 0.439. The van der Waals surface area contributed by atoms with E-state index in [1.807, 2.05) is 44.3 Å². The van der Waals surface area contributed by atoms with E-state index < -0.39 is 7.67 Å². The van der Waals surface area contributed by atoms with Crippen molar-refractivity contribution in [1.82, 2.24) is 9.34 Å². The molecule has 17 heavy (non-hydrogen) atoms. The highest BCUT2D eigenvalue weighted by Gasteiger charge is 2.31. The highest BCUT2D eigenvalue weighted by molar-refractivity contribution is 7.53. The molecule has 0 spiro atoms. The monoisotopic (exact) mass is 256 g/mol. The lowest BCUT2D eigenvalue weighted by atomic mass is 10.2. The summed E-state index contributed by atoms with van der Waals surface area (Å²) in [6, 6.07) is 9.96. The number of rotatable bonds is 6. The fourth-order valence-electron chi connectivity index (χ4n) is 1.62. The van der Waals surface area contributed by atoms with Crippen LogP contribution in [0.2, 0.25) is 0 Å². The van der Waals surface area contributed by atoms with E-state index in [4.69, 9.17) is 4.52 Å². The van der Waals surface area contributed by atoms with Crippen molar-refractivity contribution in [3.05, 3.63) is 35.9 Å². The first-order valence-corrected chi connectivity index (χ1v) is 7.21. The van der Waals surface area contributed by atoms with Gasteiger partial charge < -0.3 is 4.52 Å². The summed E-state index contributed by atoms with van der Waals surface area (Å²) in [5, 5.41) is 0. The Kier molecular flexibility index (Phi) is 5.34. The van der Waals surface area contributed by atoms with E-state index in [0.717, 1.165) is 5.56 Å². The van der Waals surface area contributed by atoms with Gasteiger partial charge in [-0.25, -0.2) is 9.34 Å². The van der Waals surface area contributed by atoms with Crippen LogP contribution in [0, 0.1) is 0 Å². The van der Waals surface area contributed by atoms with Crippen LogP contribution in [0.15, 0.2) is 30.3 Å². The molecule has 0 saturated heterocycles. The molecule has 0 aliphatic heterocycles. The minimum atomic E-state index is -2.88. The van der Waals surface area contributed by atoms with Gasteiger partial charge >= 0.3 is 7.67 Å². The Morgan fingerprint density at radius 3 is 2.24 bits per heavy atom. The molecule has 1 aromatic carbocycles. The molecule has 0 amide bonds. The van der Waals surface area contributed by atoms with Crippen LogP contribution in [0.25, 0.3) is 0 Å². The summed E-state index contributed by atoms with van der Waals surface area (Å²) in [6.07, 6.45) is 0. The van der Waals surface area contributed by atoms with Crippen molar-refractivity contribution in [1.29, 1.82) is 0 Å². The van der Waals surface area contributed by atoms with Crippen LogP contribution in [0.5, 0.6) is 0 Å². The Labute approximate surface area is 104 Å². The molecular formula is C12H21N2O2P. The molecule has 0 heterocycles. The number of nitrogens with zero attached hydrogens (tertiary/aromatic N) is 2. The van der Waals surface area contributed by atoms with E-state index in [1.54, 1.807) is 23.4 Å². The number of hydrogen-bond donors (Lipinski definition) is 0. The standard InChI is InChI=1S/C12H21N2O2P/c1-5-16-17(15,13(2)3)14(4)11-12-9-7-6-8-10-12/h6-10H,5,11H2,1-4H3. The second-order valence-corrected chi connectivity index (χ2v) is 6.78. The largest absolute Gasteiger partial charge is 0.345 e. The van der Waals surface area contributed by atoms with Crippen LogP contribution in [0.4, 0.5) is 0 Å². The maximum Gasteiger partial charge on any atom is 0.345 e. The topological polar surface area (TPSA) is 32.8 Å². The fourth-order valence-corrected chi connectivity index (χ4v) is 3.34. The molecule has 4 nitrogen and oxygen atoms in total. The maximum absolute atomic E-state index is 12.6. The highest BCUT2D eigenvalue weighted by Crippen LogP contribution is 2.51. The van der Waals surface area contributed by atoms with E-state index in [1.165, 1.54) is 0 Å². The Morgan fingerprint density at radius 1 is 1.18 bits per heavy atom. The molecule has 0 radical (unpaired) electrons. The third-order valence-corrected chi connectivity index (χ3v) is 5.10. The van der Waals surface area contributed by atoms with Crippen molar-refractivity contribution in [2.45, 2.75) is 13.5 Å². The first-order chi connectivity index (χ1) is 8.00. The fraction of sp³-hybridized carbons (Fsp3) is 0.500. The quantitative estimate of drug-likeness (QED) is 0.733. The van der Waals surface area contributed by atoms with Crippen LogP contribution in [-0.4, -0.2) is 37.1 Å². The SMILES string of the molecule is CCOP(=O)(N(C)C)N(C)Cc1ccccc1. The van der Waals surface area contributed by atoms with Gasteiger partial charge in [0.25, 0.3) is 0 Å². The van der Waals surface area contributed by atoms with Crippen LogP contribution in [-0.2, 0) is 15.6 Å². The van der Waals surface area contributed by atoms with E-state index in [-0.39, 0.29) is 0 Å². The zero-order chi connectivity index (χ0) is 12.9. The molecule has 0 aliphatic rings. The normalized spacial score (nSPS) is 15.2. The minimum Gasteiger partial charge on any atom is -0.306 e. The lowest BCUT2D eigenvalue weighted by molar-refractivity contribution is 0.245. The van der Waals surface area contributed by atoms with Crippen LogP contribution in [0.1, 0.15) is 12.5 Å². The molecule has 1 aromatic rings. The van der Waals surface area contributed by atoms with Gasteiger partial charge in [-0.15, -0.1) is 0 Å². The Balaban J connectivity index is 2.80. The van der Waals surface area contributed by atoms with Gasteiger partial charge in [-0.3, -0.25) is 4.57 Å². The van der Waals surface area contributed by atoms with Crippen LogP contribution < -0.4 is 0 Å². The molecule has 0 saturated carbocycles. The van der Waals surface area contributed by atoms with Gasteiger partial charge in [-0.05, 0) is 33.6 Å². The molecule has 96 valence electrons. The van der Waals surface area contributed by atoms with E-state index in [9.17, 15) is 4.57 Å². The molecule has 1 unspecified atom stereocenters. The van der Waals surface area contributed by atoms with Gasteiger partial charge in [0, 0.05) is 6.54 Å². The second kappa shape index (κ2) is 6.31. The smallest absolute Gasteiger partial charge is 0.306 e. The van der Waals surface area contributed by atoms with Crippen molar-refractivity contribution < 1.29 is 9.09 Å². The zero-order valence-corrected chi connectivity index (χ0v) is 11.9. The maximum atomic E-state index is 12.6. The lowest BCUT2D eigenvalue weighted by Crippen LogP contribution is -2.25. The molecule has 5 heteroatoms. The van der Waals surface area contributed by atoms with Crippen molar-refractivity contribution >= 4 is 7.67 Å². The van der Waals surface area contributed by atoms with E-state index >= 15 is 0 Å². The van der Waals surface area contributed by atoms with E-state index in [0.29, 0.717) is 13.2 Å². The van der Waals surface area contributed by atoms with Crippen LogP contribution >= 0.6 is 7.67 Å². The molecule has 0 aliphatic carbocycles. The van der Waals surface area contributed by atoms with Gasteiger partial charge in [-0.1, -0.05) is 30.3 Å². The average molecular weight is 256 g/mol. The molecule has 0 fully saturated rings. The third-order valence-electron chi connectivity index (χ3n) is 2.49. The highest BCUT2D eigenvalue weighted by atomic mass is 31.2. The van der Waals surface area contributed by atoms with Crippen molar-refractivity contribution in [3.63, 3.8) is 0 Å². The molecular weight excluding hydrogens is 235 g/mol. The summed E-state index contributed by atoms with van der Waals surface area (Å²) in [5.41, 5.74) is 1.12. The lowest BCUT2D eigenvalue weighted by Gasteiger charge is -2.31. The van der Waals surface area contributed by atoms with Crippen LogP contribution in [0.3, 0.4) is 0 Å². The summed E-state index contributed by atoms with van der Waals surface area (Å²) >= 11 is 0. The van der Waals surface area contributed by atoms with Gasteiger partial charge in [-0.2, -0.15) is 0 Å². The number of hydrogen-bond acceptors (Lipinski definition) is 2. The molecule has 0 bridgehead atoms. The Hall–Kier alpha value is -0.670. The summed E-state index contributed by atoms with van der Waals surface area (Å²) in [5.74, 6) is 0. The van der Waals surface area contributed by atoms with Crippen molar-refractivity contribution in [2.75, 3.05) is 27.7 Å². The molecule has 0 N–H and O–H groups in total. The number of benzene rings is 1. The molecule has 1 rings (SSSR count).